The van der Waals surface area contributed by atoms with Gasteiger partial charge >= 0.3 is 0 Å². The Hall–Kier alpha value is -8.56. The zero-order chi connectivity index (χ0) is 55.6. The second-order valence-electron chi connectivity index (χ2n) is 21.3. The van der Waals surface area contributed by atoms with Crippen LogP contribution in [0, 0.1) is 58.9 Å². The third-order valence-electron chi connectivity index (χ3n) is 14.6. The molecule has 14 rings (SSSR count). The van der Waals surface area contributed by atoms with Gasteiger partial charge in [-0.3, -0.25) is 0 Å². The molecular formula is C69H58N10O2Pt2-2. The Morgan fingerprint density at radius 3 is 1.35 bits per heavy atom. The fourth-order valence-electron chi connectivity index (χ4n) is 10.9. The molecule has 0 bridgehead atoms. The van der Waals surface area contributed by atoms with Crippen LogP contribution in [0.3, 0.4) is 0 Å². The van der Waals surface area contributed by atoms with Gasteiger partial charge in [-0.1, -0.05) is 91.6 Å². The average Bonchev–Trinajstić information content (AvgIpc) is 3.27. The molecule has 8 aromatic heterocycles. The summed E-state index contributed by atoms with van der Waals surface area (Å²) in [6.07, 6.45) is 7.85. The summed E-state index contributed by atoms with van der Waals surface area (Å²) in [5, 5.41) is 4.50. The molecule has 0 atom stereocenters. The molecule has 0 aliphatic heterocycles. The van der Waals surface area contributed by atoms with Gasteiger partial charge in [0.15, 0.2) is 23.7 Å². The van der Waals surface area contributed by atoms with Crippen molar-refractivity contribution in [2.24, 2.45) is 0 Å². The molecule has 0 aliphatic carbocycles. The quantitative estimate of drug-likeness (QED) is 0.127. The number of aryl methyl sites for hydroxylation is 5. The molecule has 14 aromatic rings. The summed E-state index contributed by atoms with van der Waals surface area (Å²) in [4.78, 5) is 19.0. The monoisotopic (exact) mass is 1450 g/mol. The zero-order valence-electron chi connectivity index (χ0n) is 47.3. The van der Waals surface area contributed by atoms with E-state index in [-0.39, 0.29) is 42.1 Å². The Labute approximate surface area is 510 Å². The molecule has 418 valence electrons. The van der Waals surface area contributed by atoms with Gasteiger partial charge in [0.2, 0.25) is 0 Å². The first-order valence-corrected chi connectivity index (χ1v) is 27.3. The van der Waals surface area contributed by atoms with E-state index in [9.17, 15) is 0 Å². The van der Waals surface area contributed by atoms with Gasteiger partial charge in [-0.15, -0.1) is 58.3 Å². The molecule has 6 aromatic carbocycles. The Morgan fingerprint density at radius 1 is 0.410 bits per heavy atom. The number of hydrogen-bond donors (Lipinski definition) is 0. The molecule has 12 nitrogen and oxygen atoms in total. The van der Waals surface area contributed by atoms with E-state index in [4.69, 9.17) is 19.4 Å². The summed E-state index contributed by atoms with van der Waals surface area (Å²) in [5.74, 6) is 4.17. The first-order valence-electron chi connectivity index (χ1n) is 27.3. The van der Waals surface area contributed by atoms with E-state index in [1.165, 1.54) is 0 Å². The largest absolute Gasteiger partial charge is 0.508 e. The Balaban J connectivity index is 0.000000170. The second kappa shape index (κ2) is 23.0. The minimum absolute atomic E-state index is 0. The van der Waals surface area contributed by atoms with Gasteiger partial charge in [0.25, 0.3) is 11.3 Å². The SMILES string of the molecule is Cc1cc(Oc2[c-]c3c(cc2)c2ccccc2n3-c2cc(C)ccn2)[c-]c(-n2[cH+]n(C(C)C)c3ccc(C)nc32)c1.Cc1cc(Oc2[c-]c3c(cc2)c2ccccc2n3-c2ccccn2)[c-]c(-n2[cH+]n(C(C)C)c3ccc(C)nc32)c1.[Pt].[Pt]. The number of aromatic nitrogens is 10. The van der Waals surface area contributed by atoms with Crippen LogP contribution >= 0.6 is 0 Å². The Bertz CT molecular complexity index is 4750. The topological polar surface area (TPSA) is 99.6 Å². The van der Waals surface area contributed by atoms with Crippen LogP contribution in [-0.4, -0.2) is 47.3 Å². The van der Waals surface area contributed by atoms with Crippen LogP contribution < -0.4 is 9.47 Å². The minimum Gasteiger partial charge on any atom is -0.508 e. The van der Waals surface area contributed by atoms with E-state index in [0.717, 1.165) is 117 Å². The molecule has 14 heteroatoms. The van der Waals surface area contributed by atoms with E-state index >= 15 is 0 Å². The number of imidazole rings is 2. The van der Waals surface area contributed by atoms with Crippen LogP contribution in [0.25, 0.3) is 88.9 Å². The molecule has 0 saturated carbocycles. The molecule has 0 N–H and O–H groups in total. The van der Waals surface area contributed by atoms with Gasteiger partial charge in [-0.25, -0.2) is 19.1 Å². The third kappa shape index (κ3) is 10.7. The van der Waals surface area contributed by atoms with Crippen LogP contribution in [0.15, 0.2) is 177 Å². The van der Waals surface area contributed by atoms with Crippen LogP contribution in [0.5, 0.6) is 23.0 Å². The molecule has 0 saturated heterocycles. The maximum Gasteiger partial charge on any atom is 0.282 e. The maximum atomic E-state index is 6.44. The number of nitrogens with zero attached hydrogens (tertiary/aromatic N) is 10. The van der Waals surface area contributed by atoms with Gasteiger partial charge in [0, 0.05) is 112 Å². The van der Waals surface area contributed by atoms with Crippen molar-refractivity contribution in [2.45, 2.75) is 74.4 Å². The van der Waals surface area contributed by atoms with Gasteiger partial charge in [-0.2, -0.15) is 31.2 Å². The van der Waals surface area contributed by atoms with Crippen LogP contribution in [0.2, 0.25) is 0 Å². The summed E-state index contributed by atoms with van der Waals surface area (Å²) in [7, 11) is 0. The summed E-state index contributed by atoms with van der Waals surface area (Å²) in [6.45, 7) is 18.9. The Kier molecular flexibility index (Phi) is 15.6. The smallest absolute Gasteiger partial charge is 0.282 e. The first-order chi connectivity index (χ1) is 39.3. The minimum atomic E-state index is 0. The van der Waals surface area contributed by atoms with Crippen molar-refractivity contribution in [3.63, 3.8) is 0 Å². The summed E-state index contributed by atoms with van der Waals surface area (Å²) in [6, 6.07) is 66.1. The van der Waals surface area contributed by atoms with E-state index in [0.29, 0.717) is 35.1 Å². The van der Waals surface area contributed by atoms with Crippen molar-refractivity contribution < 1.29 is 51.6 Å². The molecule has 0 spiro atoms. The summed E-state index contributed by atoms with van der Waals surface area (Å²) >= 11 is 0. The molecule has 0 radical (unpaired) electrons. The number of hydrogen-bond acceptors (Lipinski definition) is 6. The van der Waals surface area contributed by atoms with Gasteiger partial charge in [0.05, 0.1) is 23.5 Å². The molecule has 0 amide bonds. The van der Waals surface area contributed by atoms with Crippen molar-refractivity contribution in [1.29, 1.82) is 0 Å². The van der Waals surface area contributed by atoms with Crippen LogP contribution in [0.4, 0.5) is 0 Å². The van der Waals surface area contributed by atoms with Crippen LogP contribution in [0.1, 0.15) is 67.9 Å². The fraction of sp³-hybridized carbons (Fsp3) is 0.159. The Morgan fingerprint density at radius 2 is 0.880 bits per heavy atom. The normalized spacial score (nSPS) is 11.5. The van der Waals surface area contributed by atoms with E-state index in [1.54, 1.807) is 0 Å². The molecule has 0 aliphatic rings. The molecule has 83 heavy (non-hydrogen) atoms. The van der Waals surface area contributed by atoms with E-state index < -0.39 is 0 Å². The van der Waals surface area contributed by atoms with Crippen molar-refractivity contribution in [3.05, 3.63) is 229 Å². The van der Waals surface area contributed by atoms with Gasteiger partial charge in [-0.05, 0) is 113 Å². The van der Waals surface area contributed by atoms with E-state index in [2.05, 4.69) is 220 Å². The summed E-state index contributed by atoms with van der Waals surface area (Å²) < 4.78 is 25.8. The van der Waals surface area contributed by atoms with Gasteiger partial charge in [0.1, 0.15) is 11.6 Å². The predicted molar refractivity (Wildman–Crippen MR) is 324 cm³/mol. The molecule has 8 heterocycles. The van der Waals surface area contributed by atoms with Crippen molar-refractivity contribution in [1.82, 2.24) is 47.3 Å². The van der Waals surface area contributed by atoms with Crippen molar-refractivity contribution >= 4 is 65.9 Å². The van der Waals surface area contributed by atoms with Crippen molar-refractivity contribution in [3.8, 4) is 46.0 Å². The van der Waals surface area contributed by atoms with Gasteiger partial charge < -0.3 is 18.6 Å². The van der Waals surface area contributed by atoms with E-state index in [1.807, 2.05) is 80.8 Å². The maximum absolute atomic E-state index is 6.44. The number of pyridine rings is 4. The van der Waals surface area contributed by atoms with Crippen molar-refractivity contribution in [2.75, 3.05) is 0 Å². The molecule has 0 fully saturated rings. The first kappa shape index (κ1) is 56.3. The van der Waals surface area contributed by atoms with Crippen LogP contribution in [-0.2, 0) is 42.1 Å². The zero-order valence-corrected chi connectivity index (χ0v) is 51.9. The number of para-hydroxylation sites is 2. The number of benzene rings is 6. The summed E-state index contributed by atoms with van der Waals surface area (Å²) in [5.41, 5.74) is 14.9. The number of rotatable bonds is 10. The standard InChI is InChI=1S/C35H30N5O.C34H28N5O.2Pt/c1-22(2)38-21-39(35-32(38)13-10-25(5)37-35)26-16-24(4)17-28(19-26)41-27-11-12-30-29-8-6-7-9-31(29)40(33(30)20-27)34-18-23(3)14-15-36-34;1-22(2)37-21-38(34-31(37)15-12-24(4)36-34)25-17-23(3)18-27(19-25)40-26-13-14-29-28-9-5-6-10-30(28)39(32(29)20-26)33-11-7-8-16-35-33;;/h6-18,21-22H,1-5H3;5-18,21-22H,1-4H3;;/q2*-1;;. The number of ether oxygens (including phenoxy) is 2. The third-order valence-corrected chi connectivity index (χ3v) is 14.6. The molecular weight excluding hydrogens is 1390 g/mol. The second-order valence-corrected chi connectivity index (χ2v) is 21.3. The predicted octanol–water partition coefficient (Wildman–Crippen LogP) is 16.7. The fourth-order valence-corrected chi connectivity index (χ4v) is 10.9. The average molecular weight is 1450 g/mol. The number of fused-ring (bicyclic) bond motifs is 8. The molecule has 0 unspecified atom stereocenters.